The van der Waals surface area contributed by atoms with Crippen LogP contribution in [0.15, 0.2) is 12.3 Å². The Labute approximate surface area is 160 Å². The Hall–Kier alpha value is -2.02. The number of anilines is 1. The van der Waals surface area contributed by atoms with Crippen LogP contribution in [0.5, 0.6) is 0 Å². The quantitative estimate of drug-likeness (QED) is 0.621. The average molecular weight is 385 g/mol. The zero-order valence-electron chi connectivity index (χ0n) is 16.3. The summed E-state index contributed by atoms with van der Waals surface area (Å²) in [6, 6.07) is 1.52. The third-order valence-electron chi connectivity index (χ3n) is 3.78. The predicted octanol–water partition coefficient (Wildman–Crippen LogP) is 3.84. The molecule has 0 aliphatic carbocycles. The minimum absolute atomic E-state index is 0.135. The van der Waals surface area contributed by atoms with Gasteiger partial charge >= 0.3 is 6.09 Å². The minimum Gasteiger partial charge on any atom is -0.465 e. The van der Waals surface area contributed by atoms with Gasteiger partial charge in [-0.05, 0) is 54.0 Å². The lowest BCUT2D eigenvalue weighted by Gasteiger charge is -2.38. The Morgan fingerprint density at radius 1 is 1.31 bits per heavy atom. The summed E-state index contributed by atoms with van der Waals surface area (Å²) < 4.78 is 0. The van der Waals surface area contributed by atoms with E-state index in [2.05, 4.69) is 15.6 Å². The van der Waals surface area contributed by atoms with Crippen LogP contribution < -0.4 is 10.6 Å². The fourth-order valence-electron chi connectivity index (χ4n) is 2.80. The van der Waals surface area contributed by atoms with E-state index in [9.17, 15) is 14.7 Å². The fourth-order valence-corrected chi connectivity index (χ4v) is 2.95. The molecule has 1 aromatic rings. The summed E-state index contributed by atoms with van der Waals surface area (Å²) >= 11 is 5.91. The number of nitrogens with one attached hydrogen (secondary N) is 2. The molecule has 0 saturated heterocycles. The van der Waals surface area contributed by atoms with E-state index in [1.54, 1.807) is 6.07 Å². The number of pyridine rings is 1. The molecule has 1 aromatic heterocycles. The summed E-state index contributed by atoms with van der Waals surface area (Å²) in [7, 11) is 0. The molecule has 26 heavy (non-hydrogen) atoms. The molecule has 0 bridgehead atoms. The average Bonchev–Trinajstić information content (AvgIpc) is 2.44. The van der Waals surface area contributed by atoms with Gasteiger partial charge in [0.1, 0.15) is 5.15 Å². The summed E-state index contributed by atoms with van der Waals surface area (Å²) in [6.07, 6.45) is 0.968. The van der Waals surface area contributed by atoms with Crippen LogP contribution in [0.4, 0.5) is 10.5 Å². The van der Waals surface area contributed by atoms with E-state index in [-0.39, 0.29) is 18.0 Å². The summed E-state index contributed by atoms with van der Waals surface area (Å²) in [4.78, 5) is 29.3. The molecule has 2 amide bonds. The molecular weight excluding hydrogens is 356 g/mol. The zero-order chi connectivity index (χ0) is 20.1. The molecule has 7 nitrogen and oxygen atoms in total. The number of carbonyl (C=O) groups is 2. The topological polar surface area (TPSA) is 94.6 Å². The number of aromatic nitrogens is 1. The van der Waals surface area contributed by atoms with Crippen molar-refractivity contribution in [1.29, 1.82) is 0 Å². The maximum absolute atomic E-state index is 12.5. The molecule has 0 fully saturated rings. The summed E-state index contributed by atoms with van der Waals surface area (Å²) in [6.45, 7) is 11.7. The van der Waals surface area contributed by atoms with Crippen LogP contribution in [-0.2, 0) is 0 Å². The van der Waals surface area contributed by atoms with Crippen LogP contribution in [-0.4, -0.2) is 51.2 Å². The molecule has 0 unspecified atom stereocenters. The molecule has 3 N–H and O–H groups in total. The summed E-state index contributed by atoms with van der Waals surface area (Å²) in [5, 5.41) is 15.7. The molecule has 0 radical (unpaired) electrons. The van der Waals surface area contributed by atoms with Gasteiger partial charge in [-0.3, -0.25) is 4.79 Å². The second-order valence-corrected chi connectivity index (χ2v) is 7.96. The molecule has 0 aliphatic heterocycles. The second kappa shape index (κ2) is 9.07. The Kier molecular flexibility index (Phi) is 7.68. The van der Waals surface area contributed by atoms with Gasteiger partial charge in [0.15, 0.2) is 0 Å². The molecule has 1 rings (SSSR count). The molecule has 1 heterocycles. The van der Waals surface area contributed by atoms with Crippen LogP contribution in [0.25, 0.3) is 0 Å². The normalized spacial score (nSPS) is 12.6. The van der Waals surface area contributed by atoms with E-state index >= 15 is 0 Å². The fraction of sp³-hybridized carbons (Fsp3) is 0.611. The van der Waals surface area contributed by atoms with Gasteiger partial charge in [-0.2, -0.15) is 0 Å². The predicted molar refractivity (Wildman–Crippen MR) is 104 cm³/mol. The van der Waals surface area contributed by atoms with Crippen LogP contribution in [0.2, 0.25) is 5.15 Å². The standard InChI is InChI=1S/C18H29ClN4O3/c1-11(2)22-14-9-15(19)21-10-13(14)16(24)20-8-7-12(3)23(17(25)26)18(4,5)6/h9-12H,7-8H2,1-6H3,(H,20,24)(H,21,22)(H,25,26)/t12-/m1/s1. The molecule has 0 spiro atoms. The SMILES string of the molecule is CC(C)Nc1cc(Cl)ncc1C(=O)NCC[C@@H](C)N(C(=O)O)C(C)(C)C. The highest BCUT2D eigenvalue weighted by atomic mass is 35.5. The third-order valence-corrected chi connectivity index (χ3v) is 3.98. The van der Waals surface area contributed by atoms with E-state index < -0.39 is 11.6 Å². The van der Waals surface area contributed by atoms with Crippen molar-refractivity contribution in [1.82, 2.24) is 15.2 Å². The van der Waals surface area contributed by atoms with E-state index in [1.165, 1.54) is 11.1 Å². The van der Waals surface area contributed by atoms with Crippen molar-refractivity contribution in [3.63, 3.8) is 0 Å². The van der Waals surface area contributed by atoms with Gasteiger partial charge in [-0.25, -0.2) is 9.78 Å². The maximum Gasteiger partial charge on any atom is 0.407 e. The second-order valence-electron chi connectivity index (χ2n) is 7.57. The molecule has 1 atom stereocenters. The molecule has 0 aromatic carbocycles. The Bertz CT molecular complexity index is 644. The number of amides is 2. The van der Waals surface area contributed by atoms with Crippen molar-refractivity contribution in [3.05, 3.63) is 23.0 Å². The summed E-state index contributed by atoms with van der Waals surface area (Å²) in [5.41, 5.74) is 0.512. The van der Waals surface area contributed by atoms with Crippen molar-refractivity contribution in [2.24, 2.45) is 0 Å². The molecule has 8 heteroatoms. The van der Waals surface area contributed by atoms with Crippen LogP contribution in [0, 0.1) is 0 Å². The maximum atomic E-state index is 12.5. The number of carboxylic acid groups (broad SMARTS) is 1. The van der Waals surface area contributed by atoms with E-state index in [4.69, 9.17) is 11.6 Å². The minimum atomic E-state index is -0.971. The highest BCUT2D eigenvalue weighted by molar-refractivity contribution is 6.29. The number of carbonyl (C=O) groups excluding carboxylic acids is 1. The number of hydrogen-bond acceptors (Lipinski definition) is 4. The van der Waals surface area contributed by atoms with Crippen molar-refractivity contribution in [2.45, 2.75) is 65.6 Å². The first-order valence-corrected chi connectivity index (χ1v) is 9.03. The highest BCUT2D eigenvalue weighted by Crippen LogP contribution is 2.21. The van der Waals surface area contributed by atoms with Crippen molar-refractivity contribution >= 4 is 29.3 Å². The van der Waals surface area contributed by atoms with Gasteiger partial charge in [0.2, 0.25) is 0 Å². The molecule has 0 saturated carbocycles. The van der Waals surface area contributed by atoms with Gasteiger partial charge in [-0.1, -0.05) is 11.6 Å². The Morgan fingerprint density at radius 2 is 1.92 bits per heavy atom. The van der Waals surface area contributed by atoms with Crippen LogP contribution in [0.3, 0.4) is 0 Å². The lowest BCUT2D eigenvalue weighted by atomic mass is 10.0. The number of rotatable bonds is 7. The Morgan fingerprint density at radius 3 is 2.42 bits per heavy atom. The first-order chi connectivity index (χ1) is 11.9. The van der Waals surface area contributed by atoms with E-state index in [1.807, 2.05) is 41.5 Å². The monoisotopic (exact) mass is 384 g/mol. The van der Waals surface area contributed by atoms with Gasteiger partial charge in [0.05, 0.1) is 11.3 Å². The first kappa shape index (κ1) is 22.0. The number of halogens is 1. The summed E-state index contributed by atoms with van der Waals surface area (Å²) in [5.74, 6) is -0.276. The van der Waals surface area contributed by atoms with Crippen molar-refractivity contribution in [3.8, 4) is 0 Å². The smallest absolute Gasteiger partial charge is 0.407 e. The van der Waals surface area contributed by atoms with Gasteiger partial charge < -0.3 is 20.6 Å². The van der Waals surface area contributed by atoms with Gasteiger partial charge in [-0.15, -0.1) is 0 Å². The third kappa shape index (κ3) is 6.37. The first-order valence-electron chi connectivity index (χ1n) is 8.66. The lowest BCUT2D eigenvalue weighted by molar-refractivity contribution is 0.0725. The largest absolute Gasteiger partial charge is 0.465 e. The van der Waals surface area contributed by atoms with Crippen molar-refractivity contribution in [2.75, 3.05) is 11.9 Å². The molecular formula is C18H29ClN4O3. The number of hydrogen-bond donors (Lipinski definition) is 3. The van der Waals surface area contributed by atoms with Gasteiger partial charge in [0.25, 0.3) is 5.91 Å². The van der Waals surface area contributed by atoms with Gasteiger partial charge in [0, 0.05) is 30.4 Å². The Balaban J connectivity index is 2.74. The zero-order valence-corrected chi connectivity index (χ0v) is 17.0. The molecule has 146 valence electrons. The van der Waals surface area contributed by atoms with Crippen molar-refractivity contribution < 1.29 is 14.7 Å². The molecule has 0 aliphatic rings. The number of nitrogens with zero attached hydrogens (tertiary/aromatic N) is 2. The van der Waals surface area contributed by atoms with E-state index in [0.717, 1.165) is 0 Å². The van der Waals surface area contributed by atoms with Crippen LogP contribution in [0.1, 0.15) is 58.3 Å². The van der Waals surface area contributed by atoms with Crippen LogP contribution >= 0.6 is 11.6 Å². The highest BCUT2D eigenvalue weighted by Gasteiger charge is 2.30. The van der Waals surface area contributed by atoms with E-state index in [0.29, 0.717) is 29.4 Å². The lowest BCUT2D eigenvalue weighted by Crippen LogP contribution is -2.50.